The quantitative estimate of drug-likeness (QED) is 0.778. The number of fused-ring (bicyclic) bond motifs is 1. The van der Waals surface area contributed by atoms with Crippen LogP contribution in [0.2, 0.25) is 0 Å². The molecule has 0 saturated heterocycles. The van der Waals surface area contributed by atoms with Crippen molar-refractivity contribution in [2.24, 2.45) is 0 Å². The maximum atomic E-state index is 9.76. The smallest absolute Gasteiger partial charge is 0.138 e. The van der Waals surface area contributed by atoms with Gasteiger partial charge in [-0.25, -0.2) is 0 Å². The standard InChI is InChI=1S/C10H6Br2O/c11-8-5-6-3-1-2-4-7(6)10(13)9(8)12/h1-5,13H. The molecule has 0 aromatic heterocycles. The summed E-state index contributed by atoms with van der Waals surface area (Å²) in [6.45, 7) is 0. The molecule has 0 atom stereocenters. The van der Waals surface area contributed by atoms with E-state index in [4.69, 9.17) is 0 Å². The van der Waals surface area contributed by atoms with Crippen molar-refractivity contribution in [2.75, 3.05) is 0 Å². The van der Waals surface area contributed by atoms with Crippen molar-refractivity contribution in [3.8, 4) is 5.75 Å². The SMILES string of the molecule is Oc1c(Br)c(Br)cc2ccccc12. The number of phenolic OH excluding ortho intramolecular Hbond substituents is 1. The first-order chi connectivity index (χ1) is 6.20. The normalized spacial score (nSPS) is 10.6. The lowest BCUT2D eigenvalue weighted by Crippen LogP contribution is -1.77. The summed E-state index contributed by atoms with van der Waals surface area (Å²) < 4.78 is 1.56. The molecule has 0 aliphatic carbocycles. The first-order valence-corrected chi connectivity index (χ1v) is 5.34. The Morgan fingerprint density at radius 3 is 2.54 bits per heavy atom. The zero-order valence-corrected chi connectivity index (χ0v) is 9.76. The number of benzene rings is 2. The number of hydrogen-bond acceptors (Lipinski definition) is 1. The number of rotatable bonds is 0. The van der Waals surface area contributed by atoms with Crippen LogP contribution in [0, 0.1) is 0 Å². The summed E-state index contributed by atoms with van der Waals surface area (Å²) in [6.07, 6.45) is 0. The third kappa shape index (κ3) is 1.46. The van der Waals surface area contributed by atoms with Crippen molar-refractivity contribution in [1.29, 1.82) is 0 Å². The predicted octanol–water partition coefficient (Wildman–Crippen LogP) is 4.07. The zero-order chi connectivity index (χ0) is 9.42. The molecule has 0 aliphatic heterocycles. The minimum Gasteiger partial charge on any atom is -0.506 e. The van der Waals surface area contributed by atoms with Crippen LogP contribution in [0.4, 0.5) is 0 Å². The second-order valence-corrected chi connectivity index (χ2v) is 4.39. The Hall–Kier alpha value is -0.540. The van der Waals surface area contributed by atoms with E-state index in [9.17, 15) is 5.11 Å². The van der Waals surface area contributed by atoms with Gasteiger partial charge in [0.05, 0.1) is 4.47 Å². The second kappa shape index (κ2) is 3.31. The minimum atomic E-state index is 0.282. The van der Waals surface area contributed by atoms with E-state index in [1.54, 1.807) is 0 Å². The van der Waals surface area contributed by atoms with Crippen LogP contribution in [-0.2, 0) is 0 Å². The molecule has 0 unspecified atom stereocenters. The Morgan fingerprint density at radius 2 is 1.77 bits per heavy atom. The largest absolute Gasteiger partial charge is 0.506 e. The first kappa shape index (κ1) is 9.03. The molecular weight excluding hydrogens is 296 g/mol. The lowest BCUT2D eigenvalue weighted by molar-refractivity contribution is 0.478. The van der Waals surface area contributed by atoms with Gasteiger partial charge in [-0.05, 0) is 43.3 Å². The van der Waals surface area contributed by atoms with Gasteiger partial charge in [-0.1, -0.05) is 24.3 Å². The van der Waals surface area contributed by atoms with E-state index in [1.165, 1.54) is 0 Å². The van der Waals surface area contributed by atoms with Gasteiger partial charge >= 0.3 is 0 Å². The highest BCUT2D eigenvalue weighted by Crippen LogP contribution is 2.38. The molecule has 0 fully saturated rings. The van der Waals surface area contributed by atoms with E-state index in [0.29, 0.717) is 4.47 Å². The highest BCUT2D eigenvalue weighted by molar-refractivity contribution is 9.13. The van der Waals surface area contributed by atoms with Crippen LogP contribution in [-0.4, -0.2) is 5.11 Å². The molecule has 2 rings (SSSR count). The molecule has 2 aromatic carbocycles. The second-order valence-electron chi connectivity index (χ2n) is 2.74. The molecule has 0 radical (unpaired) electrons. The third-order valence-electron chi connectivity index (χ3n) is 1.92. The molecule has 0 bridgehead atoms. The van der Waals surface area contributed by atoms with Crippen molar-refractivity contribution < 1.29 is 5.11 Å². The van der Waals surface area contributed by atoms with Crippen LogP contribution in [0.15, 0.2) is 39.3 Å². The monoisotopic (exact) mass is 300 g/mol. The van der Waals surface area contributed by atoms with E-state index in [-0.39, 0.29) is 5.75 Å². The molecule has 0 spiro atoms. The van der Waals surface area contributed by atoms with Gasteiger partial charge in [-0.3, -0.25) is 0 Å². The molecule has 13 heavy (non-hydrogen) atoms. The summed E-state index contributed by atoms with van der Waals surface area (Å²) in [5.74, 6) is 0.282. The Kier molecular flexibility index (Phi) is 2.30. The summed E-state index contributed by atoms with van der Waals surface area (Å²) in [5, 5.41) is 11.6. The van der Waals surface area contributed by atoms with E-state index < -0.39 is 0 Å². The van der Waals surface area contributed by atoms with Crippen molar-refractivity contribution >= 4 is 42.6 Å². The maximum Gasteiger partial charge on any atom is 0.138 e. The number of phenols is 1. The average molecular weight is 302 g/mol. The molecule has 3 heteroatoms. The molecule has 66 valence electrons. The maximum absolute atomic E-state index is 9.76. The summed E-state index contributed by atoms with van der Waals surface area (Å²) in [4.78, 5) is 0. The van der Waals surface area contributed by atoms with Crippen LogP contribution in [0.5, 0.6) is 5.75 Å². The summed E-state index contributed by atoms with van der Waals surface area (Å²) in [5.41, 5.74) is 0. The minimum absolute atomic E-state index is 0.282. The van der Waals surface area contributed by atoms with Crippen LogP contribution in [0.25, 0.3) is 10.8 Å². The van der Waals surface area contributed by atoms with Crippen LogP contribution in [0.3, 0.4) is 0 Å². The summed E-state index contributed by atoms with van der Waals surface area (Å²) in [6, 6.07) is 9.68. The average Bonchev–Trinajstić information content (AvgIpc) is 2.15. The predicted molar refractivity (Wildman–Crippen MR) is 61.0 cm³/mol. The van der Waals surface area contributed by atoms with E-state index in [2.05, 4.69) is 31.9 Å². The molecule has 1 N–H and O–H groups in total. The Morgan fingerprint density at radius 1 is 1.08 bits per heavy atom. The molecule has 0 saturated carbocycles. The molecule has 0 aliphatic rings. The highest BCUT2D eigenvalue weighted by Gasteiger charge is 2.07. The van der Waals surface area contributed by atoms with Gasteiger partial charge in [0.25, 0.3) is 0 Å². The van der Waals surface area contributed by atoms with Crippen LogP contribution < -0.4 is 0 Å². The fourth-order valence-corrected chi connectivity index (χ4v) is 2.03. The molecule has 2 aromatic rings. The Balaban J connectivity index is 2.94. The summed E-state index contributed by atoms with van der Waals surface area (Å²) in [7, 11) is 0. The van der Waals surface area contributed by atoms with Crippen molar-refractivity contribution in [3.63, 3.8) is 0 Å². The molecule has 0 amide bonds. The number of hydrogen-bond donors (Lipinski definition) is 1. The number of halogens is 2. The first-order valence-electron chi connectivity index (χ1n) is 3.76. The van der Waals surface area contributed by atoms with Gasteiger partial charge in [0.2, 0.25) is 0 Å². The van der Waals surface area contributed by atoms with Gasteiger partial charge in [-0.15, -0.1) is 0 Å². The lowest BCUT2D eigenvalue weighted by atomic mass is 10.1. The lowest BCUT2D eigenvalue weighted by Gasteiger charge is -2.04. The molecule has 0 heterocycles. The van der Waals surface area contributed by atoms with E-state index >= 15 is 0 Å². The van der Waals surface area contributed by atoms with Crippen molar-refractivity contribution in [3.05, 3.63) is 39.3 Å². The molecular formula is C10H6Br2O. The molecule has 1 nitrogen and oxygen atoms in total. The van der Waals surface area contributed by atoms with Gasteiger partial charge in [0.1, 0.15) is 5.75 Å². The fraction of sp³-hybridized carbons (Fsp3) is 0. The fourth-order valence-electron chi connectivity index (χ4n) is 1.27. The Labute approximate surface area is 92.6 Å². The van der Waals surface area contributed by atoms with Crippen LogP contribution >= 0.6 is 31.9 Å². The zero-order valence-electron chi connectivity index (χ0n) is 6.59. The third-order valence-corrected chi connectivity index (χ3v) is 3.88. The summed E-state index contributed by atoms with van der Waals surface area (Å²) >= 11 is 6.66. The van der Waals surface area contributed by atoms with Gasteiger partial charge in [0.15, 0.2) is 0 Å². The van der Waals surface area contributed by atoms with Crippen molar-refractivity contribution in [1.82, 2.24) is 0 Å². The van der Waals surface area contributed by atoms with E-state index in [1.807, 2.05) is 30.3 Å². The Bertz CT molecular complexity index is 466. The highest BCUT2D eigenvalue weighted by atomic mass is 79.9. The topological polar surface area (TPSA) is 20.2 Å². The van der Waals surface area contributed by atoms with Crippen molar-refractivity contribution in [2.45, 2.75) is 0 Å². The number of aromatic hydroxyl groups is 1. The van der Waals surface area contributed by atoms with Gasteiger partial charge in [-0.2, -0.15) is 0 Å². The van der Waals surface area contributed by atoms with Gasteiger partial charge < -0.3 is 5.11 Å². The van der Waals surface area contributed by atoms with Gasteiger partial charge in [0, 0.05) is 9.86 Å². The van der Waals surface area contributed by atoms with Crippen LogP contribution in [0.1, 0.15) is 0 Å². The van der Waals surface area contributed by atoms with E-state index in [0.717, 1.165) is 15.2 Å².